The number of hydrogen-bond donors (Lipinski definition) is 3. The van der Waals surface area contributed by atoms with Gasteiger partial charge in [0.15, 0.2) is 12.2 Å². The predicted octanol–water partition coefficient (Wildman–Crippen LogP) is 23.6. The largest absolute Gasteiger partial charge is 0.472 e. The van der Waals surface area contributed by atoms with Crippen molar-refractivity contribution >= 4 is 39.5 Å². The van der Waals surface area contributed by atoms with Crippen LogP contribution < -0.4 is 0 Å². The minimum atomic E-state index is -4.96. The van der Waals surface area contributed by atoms with E-state index < -0.39 is 97.5 Å². The number of phosphoric acid groups is 2. The van der Waals surface area contributed by atoms with Gasteiger partial charge in [0, 0.05) is 25.7 Å². The lowest BCUT2D eigenvalue weighted by Gasteiger charge is -2.21. The maximum absolute atomic E-state index is 13.1. The molecule has 0 aromatic heterocycles. The highest BCUT2D eigenvalue weighted by molar-refractivity contribution is 7.47. The molecule has 0 amide bonds. The number of ether oxygens (including phenoxy) is 4. The van der Waals surface area contributed by atoms with Gasteiger partial charge in [0.1, 0.15) is 19.3 Å². The van der Waals surface area contributed by atoms with Gasteiger partial charge in [0.05, 0.1) is 26.4 Å². The zero-order chi connectivity index (χ0) is 73.1. The minimum Gasteiger partial charge on any atom is -0.462 e. The molecule has 17 nitrogen and oxygen atoms in total. The Balaban J connectivity index is 5.19. The molecule has 0 aromatic carbocycles. The third kappa shape index (κ3) is 72.8. The standard InChI is InChI=1S/C80H156O17P2/c1-9-73(8)59-51-43-34-27-23-19-16-17-20-24-28-35-44-52-60-77(82)90-66-75(96-79(84)62-54-46-37-29-25-21-15-13-11-10-12-14-18-22-26-32-40-48-56-70(2)3)68-94-98(86,87)92-64-74(81)65-93-99(88,89)95-69-76(97-80(85)63-55-47-39-38-42-50-58-72(6)7)67-91-78(83)61-53-45-36-31-30-33-41-49-57-71(4)5/h70-76,81H,9-69H2,1-8H3,(H,86,87)(H,88,89)/t73?,74?,75-,76-/m1/s1. The Morgan fingerprint density at radius 2 is 0.485 bits per heavy atom. The molecule has 588 valence electrons. The molecule has 0 aromatic rings. The van der Waals surface area contributed by atoms with E-state index in [9.17, 15) is 43.2 Å². The highest BCUT2D eigenvalue weighted by atomic mass is 31.2. The lowest BCUT2D eigenvalue weighted by molar-refractivity contribution is -0.161. The molecule has 0 saturated heterocycles. The van der Waals surface area contributed by atoms with E-state index >= 15 is 0 Å². The van der Waals surface area contributed by atoms with Crippen molar-refractivity contribution in [2.45, 2.75) is 427 Å². The Morgan fingerprint density at radius 3 is 0.717 bits per heavy atom. The van der Waals surface area contributed by atoms with Gasteiger partial charge in [0.25, 0.3) is 0 Å². The van der Waals surface area contributed by atoms with Crippen molar-refractivity contribution in [1.29, 1.82) is 0 Å². The average molecular weight is 1450 g/mol. The quantitative estimate of drug-likeness (QED) is 0.0222. The van der Waals surface area contributed by atoms with Crippen LogP contribution >= 0.6 is 15.6 Å². The number of carbonyl (C=O) groups excluding carboxylic acids is 4. The second kappa shape index (κ2) is 69.1. The fraction of sp³-hybridized carbons (Fsp3) is 0.950. The van der Waals surface area contributed by atoms with Crippen molar-refractivity contribution in [3.63, 3.8) is 0 Å². The molecule has 0 spiro atoms. The van der Waals surface area contributed by atoms with Crippen molar-refractivity contribution in [1.82, 2.24) is 0 Å². The van der Waals surface area contributed by atoms with E-state index in [1.807, 2.05) is 0 Å². The number of phosphoric ester groups is 2. The number of aliphatic hydroxyl groups is 1. The van der Waals surface area contributed by atoms with Crippen LogP contribution in [0, 0.1) is 23.7 Å². The van der Waals surface area contributed by atoms with E-state index in [0.717, 1.165) is 108 Å². The summed E-state index contributed by atoms with van der Waals surface area (Å²) in [6, 6.07) is 0. The molecule has 6 atom stereocenters. The Bertz CT molecular complexity index is 1940. The first-order valence-corrected chi connectivity index (χ1v) is 44.2. The number of esters is 4. The minimum absolute atomic E-state index is 0.101. The van der Waals surface area contributed by atoms with Crippen LogP contribution in [0.25, 0.3) is 0 Å². The van der Waals surface area contributed by atoms with Gasteiger partial charge in [0.2, 0.25) is 0 Å². The average Bonchev–Trinajstić information content (AvgIpc) is 1.05. The number of rotatable bonds is 77. The Kier molecular flexibility index (Phi) is 67.8. The van der Waals surface area contributed by atoms with Crippen LogP contribution in [0.2, 0.25) is 0 Å². The third-order valence-corrected chi connectivity index (χ3v) is 20.8. The topological polar surface area (TPSA) is 237 Å². The van der Waals surface area contributed by atoms with Crippen LogP contribution in [0.5, 0.6) is 0 Å². The number of unbranched alkanes of at least 4 members (excludes halogenated alkanes) is 42. The Labute approximate surface area is 607 Å². The van der Waals surface area contributed by atoms with Gasteiger partial charge >= 0.3 is 39.5 Å². The maximum Gasteiger partial charge on any atom is 0.472 e. The first-order valence-electron chi connectivity index (χ1n) is 41.2. The molecular weight excluding hydrogens is 1290 g/mol. The molecule has 19 heteroatoms. The summed E-state index contributed by atoms with van der Waals surface area (Å²) < 4.78 is 68.6. The van der Waals surface area contributed by atoms with Crippen LogP contribution in [-0.4, -0.2) is 96.7 Å². The summed E-state index contributed by atoms with van der Waals surface area (Å²) in [5.74, 6) is 0.945. The fourth-order valence-corrected chi connectivity index (χ4v) is 13.8. The zero-order valence-corrected chi connectivity index (χ0v) is 66.9. The molecule has 0 bridgehead atoms. The van der Waals surface area contributed by atoms with Gasteiger partial charge in [-0.3, -0.25) is 37.3 Å². The van der Waals surface area contributed by atoms with E-state index in [1.54, 1.807) is 0 Å². The van der Waals surface area contributed by atoms with Gasteiger partial charge < -0.3 is 33.8 Å². The van der Waals surface area contributed by atoms with Gasteiger partial charge in [-0.05, 0) is 49.4 Å². The smallest absolute Gasteiger partial charge is 0.462 e. The monoisotopic (exact) mass is 1450 g/mol. The van der Waals surface area contributed by atoms with Gasteiger partial charge in [-0.1, -0.05) is 357 Å². The molecule has 0 aliphatic rings. The van der Waals surface area contributed by atoms with Crippen molar-refractivity contribution in [2.75, 3.05) is 39.6 Å². The molecule has 3 N–H and O–H groups in total. The van der Waals surface area contributed by atoms with E-state index in [1.165, 1.54) is 212 Å². The highest BCUT2D eigenvalue weighted by Crippen LogP contribution is 2.45. The molecule has 4 unspecified atom stereocenters. The first kappa shape index (κ1) is 97.1. The molecule has 0 radical (unpaired) electrons. The molecule has 0 rings (SSSR count). The summed E-state index contributed by atoms with van der Waals surface area (Å²) in [5.41, 5.74) is 0. The zero-order valence-electron chi connectivity index (χ0n) is 65.1. The van der Waals surface area contributed by atoms with Crippen LogP contribution in [0.3, 0.4) is 0 Å². The summed E-state index contributed by atoms with van der Waals surface area (Å²) in [5, 5.41) is 10.6. The van der Waals surface area contributed by atoms with E-state index in [-0.39, 0.29) is 25.7 Å². The summed E-state index contributed by atoms with van der Waals surface area (Å²) in [4.78, 5) is 72.9. The van der Waals surface area contributed by atoms with E-state index in [0.29, 0.717) is 31.6 Å². The number of carbonyl (C=O) groups is 4. The molecule has 0 aliphatic heterocycles. The SMILES string of the molecule is CCC(C)CCCCCCCCCCCCCCCCC(=O)OC[C@H](COP(=O)(O)OCC(O)COP(=O)(O)OC[C@@H](COC(=O)CCCCCCCCCCC(C)C)OC(=O)CCCCCCCCC(C)C)OC(=O)CCCCCCCCCCCCCCCCCCCCC(C)C. The molecule has 99 heavy (non-hydrogen) atoms. The van der Waals surface area contributed by atoms with Crippen molar-refractivity contribution in [3.8, 4) is 0 Å². The van der Waals surface area contributed by atoms with Crippen LogP contribution in [-0.2, 0) is 65.4 Å². The molecule has 0 saturated carbocycles. The van der Waals surface area contributed by atoms with Crippen LogP contribution in [0.4, 0.5) is 0 Å². The summed E-state index contributed by atoms with van der Waals surface area (Å²) in [6.45, 7) is 14.2. The number of aliphatic hydroxyl groups excluding tert-OH is 1. The normalized spacial score (nSPS) is 14.3. The molecular formula is C80H156O17P2. The van der Waals surface area contributed by atoms with Gasteiger partial charge in [-0.2, -0.15) is 0 Å². The fourth-order valence-electron chi connectivity index (χ4n) is 12.2. The van der Waals surface area contributed by atoms with E-state index in [4.69, 9.17) is 37.0 Å². The van der Waals surface area contributed by atoms with Crippen molar-refractivity contribution < 1.29 is 80.2 Å². The lowest BCUT2D eigenvalue weighted by Crippen LogP contribution is -2.30. The summed E-state index contributed by atoms with van der Waals surface area (Å²) in [7, 11) is -9.92. The molecule has 0 fully saturated rings. The predicted molar refractivity (Wildman–Crippen MR) is 404 cm³/mol. The Morgan fingerprint density at radius 1 is 0.283 bits per heavy atom. The Hall–Kier alpha value is -1.94. The summed E-state index contributed by atoms with van der Waals surface area (Å²) >= 11 is 0. The second-order valence-electron chi connectivity index (χ2n) is 30.5. The third-order valence-electron chi connectivity index (χ3n) is 18.9. The highest BCUT2D eigenvalue weighted by Gasteiger charge is 2.30. The van der Waals surface area contributed by atoms with Crippen LogP contribution in [0.1, 0.15) is 409 Å². The van der Waals surface area contributed by atoms with Crippen molar-refractivity contribution in [2.24, 2.45) is 23.7 Å². The number of hydrogen-bond acceptors (Lipinski definition) is 15. The van der Waals surface area contributed by atoms with Gasteiger partial charge in [-0.15, -0.1) is 0 Å². The first-order chi connectivity index (χ1) is 47.6. The van der Waals surface area contributed by atoms with Crippen LogP contribution in [0.15, 0.2) is 0 Å². The van der Waals surface area contributed by atoms with E-state index in [2.05, 4.69) is 55.4 Å². The van der Waals surface area contributed by atoms with Crippen molar-refractivity contribution in [3.05, 3.63) is 0 Å². The molecule has 0 heterocycles. The summed E-state index contributed by atoms with van der Waals surface area (Å²) in [6.07, 6.45) is 55.8. The second-order valence-corrected chi connectivity index (χ2v) is 33.4. The molecule has 0 aliphatic carbocycles. The lowest BCUT2D eigenvalue weighted by atomic mass is 9.99. The maximum atomic E-state index is 13.1. The van der Waals surface area contributed by atoms with Gasteiger partial charge in [-0.25, -0.2) is 9.13 Å².